The third-order valence-electron chi connectivity index (χ3n) is 2.45. The molecular weight excluding hydrogens is 308 g/mol. The molecule has 1 aromatic carbocycles. The van der Waals surface area contributed by atoms with Gasteiger partial charge in [0.25, 0.3) is 0 Å². The maximum Gasteiger partial charge on any atom is 0.144 e. The predicted octanol–water partition coefficient (Wildman–Crippen LogP) is 2.30. The molecule has 0 bridgehead atoms. The first-order chi connectivity index (χ1) is 8.45. The molecule has 0 radical (unpaired) electrons. The Labute approximate surface area is 112 Å². The van der Waals surface area contributed by atoms with Crippen LogP contribution in [0.2, 0.25) is 0 Å². The average molecular weight is 322 g/mol. The third-order valence-corrected chi connectivity index (χ3v) is 3.06. The Kier molecular flexibility index (Phi) is 5.49. The summed E-state index contributed by atoms with van der Waals surface area (Å²) in [5.41, 5.74) is 5.31. The van der Waals surface area contributed by atoms with Crippen molar-refractivity contribution >= 4 is 21.8 Å². The van der Waals surface area contributed by atoms with Crippen LogP contribution in [-0.2, 0) is 6.54 Å². The molecule has 0 unspecified atom stereocenters. The van der Waals surface area contributed by atoms with Crippen LogP contribution in [0.1, 0.15) is 12.0 Å². The molecule has 0 spiro atoms. The largest absolute Gasteiger partial charge is 0.409 e. The van der Waals surface area contributed by atoms with Crippen molar-refractivity contribution in [3.63, 3.8) is 0 Å². The van der Waals surface area contributed by atoms with Crippen molar-refractivity contribution in [2.45, 2.75) is 13.0 Å². The number of hydrogen-bond acceptors (Lipinski definition) is 3. The number of rotatable bonds is 5. The van der Waals surface area contributed by atoms with E-state index in [-0.39, 0.29) is 22.4 Å². The van der Waals surface area contributed by atoms with E-state index in [4.69, 9.17) is 10.9 Å². The highest BCUT2D eigenvalue weighted by atomic mass is 79.9. The zero-order valence-electron chi connectivity index (χ0n) is 9.83. The molecule has 0 saturated carbocycles. The van der Waals surface area contributed by atoms with Crippen molar-refractivity contribution in [1.82, 2.24) is 4.90 Å². The van der Waals surface area contributed by atoms with E-state index in [1.165, 1.54) is 12.1 Å². The lowest BCUT2D eigenvalue weighted by atomic mass is 10.2. The van der Waals surface area contributed by atoms with Crippen LogP contribution in [0.15, 0.2) is 21.8 Å². The van der Waals surface area contributed by atoms with Crippen molar-refractivity contribution in [2.75, 3.05) is 13.6 Å². The number of oxime groups is 1. The van der Waals surface area contributed by atoms with Gasteiger partial charge in [0, 0.05) is 25.1 Å². The molecule has 0 aliphatic heterocycles. The van der Waals surface area contributed by atoms with Crippen LogP contribution in [0.5, 0.6) is 0 Å². The van der Waals surface area contributed by atoms with Crippen LogP contribution in [0.4, 0.5) is 8.78 Å². The zero-order valence-corrected chi connectivity index (χ0v) is 11.4. The third kappa shape index (κ3) is 3.92. The minimum atomic E-state index is -0.606. The maximum absolute atomic E-state index is 13.7. The molecule has 7 heteroatoms. The number of hydrogen-bond donors (Lipinski definition) is 2. The molecule has 3 N–H and O–H groups in total. The molecule has 0 saturated heterocycles. The van der Waals surface area contributed by atoms with Crippen LogP contribution < -0.4 is 5.73 Å². The quantitative estimate of drug-likeness (QED) is 0.287. The van der Waals surface area contributed by atoms with Crippen LogP contribution >= 0.6 is 15.9 Å². The van der Waals surface area contributed by atoms with E-state index in [1.807, 2.05) is 0 Å². The molecule has 0 amide bonds. The van der Waals surface area contributed by atoms with Crippen LogP contribution in [0, 0.1) is 11.6 Å². The Morgan fingerprint density at radius 1 is 1.50 bits per heavy atom. The van der Waals surface area contributed by atoms with Crippen molar-refractivity contribution < 1.29 is 14.0 Å². The van der Waals surface area contributed by atoms with Gasteiger partial charge in [0.1, 0.15) is 17.5 Å². The van der Waals surface area contributed by atoms with Gasteiger partial charge >= 0.3 is 0 Å². The maximum atomic E-state index is 13.7. The molecule has 0 aromatic heterocycles. The van der Waals surface area contributed by atoms with E-state index in [0.29, 0.717) is 13.0 Å². The Morgan fingerprint density at radius 3 is 2.78 bits per heavy atom. The lowest BCUT2D eigenvalue weighted by Gasteiger charge is -2.17. The number of nitrogens with two attached hydrogens (primary N) is 1. The first kappa shape index (κ1) is 14.8. The van der Waals surface area contributed by atoms with E-state index in [9.17, 15) is 8.78 Å². The van der Waals surface area contributed by atoms with Gasteiger partial charge in [0.05, 0.1) is 4.47 Å². The van der Waals surface area contributed by atoms with E-state index in [2.05, 4.69) is 21.1 Å². The Balaban J connectivity index is 2.70. The molecule has 1 aromatic rings. The minimum Gasteiger partial charge on any atom is -0.409 e. The summed E-state index contributed by atoms with van der Waals surface area (Å²) < 4.78 is 27.4. The fourth-order valence-corrected chi connectivity index (χ4v) is 1.79. The standard InChI is InChI=1S/C11H14BrF2N3O/c1-17(5-4-10(15)16-18)6-7-9(13)3-2-8(12)11(7)14/h2-3,18H,4-6H2,1H3,(H2,15,16). The molecule has 18 heavy (non-hydrogen) atoms. The molecule has 0 aliphatic rings. The van der Waals surface area contributed by atoms with Crippen LogP contribution in [0.25, 0.3) is 0 Å². The summed E-state index contributed by atoms with van der Waals surface area (Å²) in [6.45, 7) is 0.539. The van der Waals surface area contributed by atoms with Gasteiger partial charge in [-0.25, -0.2) is 8.78 Å². The summed E-state index contributed by atoms with van der Waals surface area (Å²) in [6, 6.07) is 2.53. The summed E-state index contributed by atoms with van der Waals surface area (Å²) in [5.74, 6) is -1.12. The van der Waals surface area contributed by atoms with E-state index >= 15 is 0 Å². The first-order valence-corrected chi connectivity index (χ1v) is 6.02. The van der Waals surface area contributed by atoms with Gasteiger partial charge in [-0.05, 0) is 35.1 Å². The fraction of sp³-hybridized carbons (Fsp3) is 0.364. The molecule has 0 heterocycles. The number of benzene rings is 1. The monoisotopic (exact) mass is 321 g/mol. The number of nitrogens with zero attached hydrogens (tertiary/aromatic N) is 2. The van der Waals surface area contributed by atoms with Gasteiger partial charge in [-0.15, -0.1) is 0 Å². The molecule has 100 valence electrons. The highest BCUT2D eigenvalue weighted by Gasteiger charge is 2.14. The van der Waals surface area contributed by atoms with Gasteiger partial charge in [-0.2, -0.15) is 0 Å². The highest BCUT2D eigenvalue weighted by molar-refractivity contribution is 9.10. The minimum absolute atomic E-state index is 0.00798. The molecular formula is C11H14BrF2N3O. The Hall–Kier alpha value is -1.21. The summed E-state index contributed by atoms with van der Waals surface area (Å²) >= 11 is 3.01. The second-order valence-electron chi connectivity index (χ2n) is 3.90. The van der Waals surface area contributed by atoms with E-state index < -0.39 is 11.6 Å². The van der Waals surface area contributed by atoms with Crippen molar-refractivity contribution in [3.8, 4) is 0 Å². The van der Waals surface area contributed by atoms with Crippen molar-refractivity contribution in [3.05, 3.63) is 33.8 Å². The van der Waals surface area contributed by atoms with Gasteiger partial charge < -0.3 is 15.8 Å². The molecule has 0 atom stereocenters. The van der Waals surface area contributed by atoms with Crippen LogP contribution in [-0.4, -0.2) is 29.5 Å². The SMILES string of the molecule is CN(CC/C(N)=N/O)Cc1c(F)ccc(Br)c1F. The Bertz CT molecular complexity index is 454. The fourth-order valence-electron chi connectivity index (χ4n) is 1.42. The summed E-state index contributed by atoms with van der Waals surface area (Å²) in [7, 11) is 1.70. The van der Waals surface area contributed by atoms with Gasteiger partial charge in [0.15, 0.2) is 0 Å². The van der Waals surface area contributed by atoms with Crippen molar-refractivity contribution in [1.29, 1.82) is 0 Å². The summed E-state index contributed by atoms with van der Waals surface area (Å²) in [5, 5.41) is 11.2. The molecule has 4 nitrogen and oxygen atoms in total. The normalized spacial score (nSPS) is 12.2. The smallest absolute Gasteiger partial charge is 0.144 e. The van der Waals surface area contributed by atoms with E-state index in [0.717, 1.165) is 0 Å². The topological polar surface area (TPSA) is 61.8 Å². The summed E-state index contributed by atoms with van der Waals surface area (Å²) in [6.07, 6.45) is 0.324. The van der Waals surface area contributed by atoms with Gasteiger partial charge in [-0.1, -0.05) is 5.16 Å². The molecule has 1 rings (SSSR count). The summed E-state index contributed by atoms with van der Waals surface area (Å²) in [4.78, 5) is 1.69. The second kappa shape index (κ2) is 6.65. The van der Waals surface area contributed by atoms with Crippen LogP contribution in [0.3, 0.4) is 0 Å². The highest BCUT2D eigenvalue weighted by Crippen LogP contribution is 2.22. The molecule has 0 fully saturated rings. The lowest BCUT2D eigenvalue weighted by Crippen LogP contribution is -2.25. The lowest BCUT2D eigenvalue weighted by molar-refractivity contribution is 0.306. The average Bonchev–Trinajstić information content (AvgIpc) is 2.36. The number of halogens is 3. The van der Waals surface area contributed by atoms with E-state index in [1.54, 1.807) is 11.9 Å². The van der Waals surface area contributed by atoms with Gasteiger partial charge in [-0.3, -0.25) is 0 Å². The first-order valence-electron chi connectivity index (χ1n) is 5.23. The molecule has 0 aliphatic carbocycles. The van der Waals surface area contributed by atoms with Crippen molar-refractivity contribution in [2.24, 2.45) is 10.9 Å². The number of amidine groups is 1. The second-order valence-corrected chi connectivity index (χ2v) is 4.76. The Morgan fingerprint density at radius 2 is 2.17 bits per heavy atom. The predicted molar refractivity (Wildman–Crippen MR) is 68.4 cm³/mol. The van der Waals surface area contributed by atoms with Gasteiger partial charge in [0.2, 0.25) is 0 Å². The zero-order chi connectivity index (χ0) is 13.7.